The number of nitrogens with one attached hydrogen (secondary N) is 1. The summed E-state index contributed by atoms with van der Waals surface area (Å²) in [5.41, 5.74) is 3.79. The van der Waals surface area contributed by atoms with Gasteiger partial charge in [0.25, 0.3) is 0 Å². The van der Waals surface area contributed by atoms with Crippen molar-refractivity contribution in [2.45, 2.75) is 12.5 Å². The molecule has 0 radical (unpaired) electrons. The fourth-order valence-corrected chi connectivity index (χ4v) is 2.85. The molecule has 5 heteroatoms. The number of hydrogen-bond acceptors (Lipinski definition) is 4. The van der Waals surface area contributed by atoms with E-state index in [1.54, 1.807) is 6.07 Å². The highest BCUT2D eigenvalue weighted by atomic mass is 19.1. The summed E-state index contributed by atoms with van der Waals surface area (Å²) in [5, 5.41) is 7.42. The first-order chi connectivity index (χ1) is 11.3. The molecule has 1 N–H and O–H groups in total. The van der Waals surface area contributed by atoms with E-state index in [2.05, 4.69) is 15.5 Å². The van der Waals surface area contributed by atoms with Crippen LogP contribution in [0.2, 0.25) is 0 Å². The van der Waals surface area contributed by atoms with E-state index in [1.807, 2.05) is 30.3 Å². The van der Waals surface area contributed by atoms with E-state index in [1.165, 1.54) is 12.1 Å². The topological polar surface area (TPSA) is 46.0 Å². The van der Waals surface area contributed by atoms with Gasteiger partial charge in [0.15, 0.2) is 6.10 Å². The highest BCUT2D eigenvalue weighted by Crippen LogP contribution is 2.29. The van der Waals surface area contributed by atoms with Crippen LogP contribution in [0.25, 0.3) is 0 Å². The Morgan fingerprint density at radius 3 is 2.65 bits per heavy atom. The molecule has 1 atom stereocenters. The maximum atomic E-state index is 13.3. The molecule has 4 nitrogen and oxygen atoms in total. The molecule has 2 aromatic rings. The van der Waals surface area contributed by atoms with E-state index in [9.17, 15) is 4.39 Å². The summed E-state index contributed by atoms with van der Waals surface area (Å²) < 4.78 is 13.3. The van der Waals surface area contributed by atoms with Crippen molar-refractivity contribution >= 4 is 11.5 Å². The van der Waals surface area contributed by atoms with Gasteiger partial charge < -0.3 is 10.2 Å². The van der Waals surface area contributed by atoms with Crippen molar-refractivity contribution in [3.8, 4) is 0 Å². The van der Waals surface area contributed by atoms with Gasteiger partial charge in [-0.2, -0.15) is 0 Å². The molecule has 2 aliphatic heterocycles. The van der Waals surface area contributed by atoms with Gasteiger partial charge in [-0.3, -0.25) is 4.99 Å². The van der Waals surface area contributed by atoms with Crippen LogP contribution in [0, 0.1) is 5.82 Å². The van der Waals surface area contributed by atoms with Crippen molar-refractivity contribution in [1.82, 2.24) is 5.32 Å². The first-order valence-corrected chi connectivity index (χ1v) is 7.67. The van der Waals surface area contributed by atoms with E-state index in [4.69, 9.17) is 4.84 Å². The molecule has 0 spiro atoms. The summed E-state index contributed by atoms with van der Waals surface area (Å²) in [6.45, 7) is 1.72. The lowest BCUT2D eigenvalue weighted by Crippen LogP contribution is -2.19. The summed E-state index contributed by atoms with van der Waals surface area (Å²) in [7, 11) is 0. The molecule has 0 aliphatic carbocycles. The molecule has 0 saturated carbocycles. The molecule has 1 unspecified atom stereocenters. The minimum atomic E-state index is -0.256. The lowest BCUT2D eigenvalue weighted by atomic mass is 9.99. The predicted octanol–water partition coefficient (Wildman–Crippen LogP) is 3.04. The Kier molecular flexibility index (Phi) is 3.54. The van der Waals surface area contributed by atoms with Crippen molar-refractivity contribution in [1.29, 1.82) is 0 Å². The average molecular weight is 309 g/mol. The molecule has 0 fully saturated rings. The minimum absolute atomic E-state index is 0.221. The minimum Gasteiger partial charge on any atom is -0.387 e. The lowest BCUT2D eigenvalue weighted by molar-refractivity contribution is 0.0855. The van der Waals surface area contributed by atoms with Crippen molar-refractivity contribution in [3.05, 3.63) is 71.0 Å². The second-order valence-electron chi connectivity index (χ2n) is 5.63. The van der Waals surface area contributed by atoms with Crippen LogP contribution < -0.4 is 5.32 Å². The van der Waals surface area contributed by atoms with Gasteiger partial charge in [0, 0.05) is 18.5 Å². The highest BCUT2D eigenvalue weighted by Gasteiger charge is 2.24. The molecule has 4 rings (SSSR count). The van der Waals surface area contributed by atoms with Crippen LogP contribution in [-0.2, 0) is 4.84 Å². The van der Waals surface area contributed by atoms with Crippen molar-refractivity contribution in [2.75, 3.05) is 13.1 Å². The first kappa shape index (κ1) is 13.9. The fraction of sp³-hybridized carbons (Fsp3) is 0.222. The number of benzene rings is 2. The van der Waals surface area contributed by atoms with Crippen LogP contribution in [0.4, 0.5) is 4.39 Å². The average Bonchev–Trinajstić information content (AvgIpc) is 3.27. The van der Waals surface area contributed by atoms with E-state index >= 15 is 0 Å². The molecule has 116 valence electrons. The Morgan fingerprint density at radius 1 is 1.09 bits per heavy atom. The zero-order valence-electron chi connectivity index (χ0n) is 12.5. The Balaban J connectivity index is 1.49. The number of hydrogen-bond donors (Lipinski definition) is 1. The lowest BCUT2D eigenvalue weighted by Gasteiger charge is -2.08. The summed E-state index contributed by atoms with van der Waals surface area (Å²) in [4.78, 5) is 9.88. The van der Waals surface area contributed by atoms with Crippen molar-refractivity contribution in [3.63, 3.8) is 0 Å². The largest absolute Gasteiger partial charge is 0.387 e. The van der Waals surface area contributed by atoms with Crippen LogP contribution in [0.1, 0.15) is 29.2 Å². The van der Waals surface area contributed by atoms with Crippen LogP contribution in [0.3, 0.4) is 0 Å². The highest BCUT2D eigenvalue weighted by molar-refractivity contribution is 6.03. The van der Waals surface area contributed by atoms with Gasteiger partial charge in [0.05, 0.1) is 12.3 Å². The SMILES string of the molecule is Fc1cccc(C2CC(c3ccc(C4=NCCN4)cc3)=NO2)c1. The van der Waals surface area contributed by atoms with Gasteiger partial charge in [-0.25, -0.2) is 4.39 Å². The standard InChI is InChI=1S/C18H16FN3O/c19-15-3-1-2-14(10-15)17-11-16(22-23-17)12-4-6-13(7-5-12)18-20-8-9-21-18/h1-7,10,17H,8-9,11H2,(H,20,21). The number of halogens is 1. The molecule has 0 saturated heterocycles. The maximum absolute atomic E-state index is 13.3. The molecule has 0 amide bonds. The maximum Gasteiger partial charge on any atom is 0.158 e. The third kappa shape index (κ3) is 2.82. The Hall–Kier alpha value is -2.69. The third-order valence-electron chi connectivity index (χ3n) is 4.06. The smallest absolute Gasteiger partial charge is 0.158 e. The number of rotatable bonds is 3. The molecule has 0 aromatic heterocycles. The number of amidine groups is 1. The van der Waals surface area contributed by atoms with Gasteiger partial charge in [0.2, 0.25) is 0 Å². The second kappa shape index (κ2) is 5.83. The Labute approximate surface area is 133 Å². The summed E-state index contributed by atoms with van der Waals surface area (Å²) in [5.74, 6) is 0.688. The number of oxime groups is 1. The monoisotopic (exact) mass is 309 g/mol. The molecule has 23 heavy (non-hydrogen) atoms. The second-order valence-corrected chi connectivity index (χ2v) is 5.63. The fourth-order valence-electron chi connectivity index (χ4n) is 2.85. The summed E-state index contributed by atoms with van der Waals surface area (Å²) >= 11 is 0. The molecule has 0 bridgehead atoms. The van der Waals surface area contributed by atoms with Crippen molar-refractivity contribution in [2.24, 2.45) is 10.1 Å². The first-order valence-electron chi connectivity index (χ1n) is 7.67. The zero-order valence-corrected chi connectivity index (χ0v) is 12.5. The van der Waals surface area contributed by atoms with E-state index in [-0.39, 0.29) is 11.9 Å². The van der Waals surface area contributed by atoms with Crippen LogP contribution >= 0.6 is 0 Å². The normalized spacial score (nSPS) is 19.8. The van der Waals surface area contributed by atoms with Gasteiger partial charge in [-0.1, -0.05) is 41.6 Å². The van der Waals surface area contributed by atoms with Crippen molar-refractivity contribution < 1.29 is 9.23 Å². The number of aliphatic imine (C=N–C) groups is 1. The third-order valence-corrected chi connectivity index (χ3v) is 4.06. The predicted molar refractivity (Wildman–Crippen MR) is 87.2 cm³/mol. The summed E-state index contributed by atoms with van der Waals surface area (Å²) in [6, 6.07) is 14.6. The van der Waals surface area contributed by atoms with Gasteiger partial charge in [0.1, 0.15) is 11.7 Å². The zero-order chi connectivity index (χ0) is 15.6. The molecule has 2 aliphatic rings. The summed E-state index contributed by atoms with van der Waals surface area (Å²) in [6.07, 6.45) is 0.420. The molecule has 2 aromatic carbocycles. The Morgan fingerprint density at radius 2 is 1.91 bits per heavy atom. The van der Waals surface area contributed by atoms with Gasteiger partial charge in [-0.15, -0.1) is 0 Å². The molecular formula is C18H16FN3O. The van der Waals surface area contributed by atoms with Crippen LogP contribution in [0.5, 0.6) is 0 Å². The van der Waals surface area contributed by atoms with E-state index < -0.39 is 0 Å². The Bertz CT molecular complexity index is 783. The van der Waals surface area contributed by atoms with Crippen LogP contribution in [-0.4, -0.2) is 24.6 Å². The van der Waals surface area contributed by atoms with Gasteiger partial charge >= 0.3 is 0 Å². The quantitative estimate of drug-likeness (QED) is 0.947. The number of nitrogens with zero attached hydrogens (tertiary/aromatic N) is 2. The van der Waals surface area contributed by atoms with E-state index in [0.29, 0.717) is 6.42 Å². The molecular weight excluding hydrogens is 293 g/mol. The van der Waals surface area contributed by atoms with Gasteiger partial charge in [-0.05, 0) is 23.3 Å². The molecule has 2 heterocycles. The van der Waals surface area contributed by atoms with E-state index in [0.717, 1.165) is 41.3 Å². The van der Waals surface area contributed by atoms with Crippen LogP contribution in [0.15, 0.2) is 58.7 Å².